The lowest BCUT2D eigenvalue weighted by Gasteiger charge is -2.05. The van der Waals surface area contributed by atoms with Crippen molar-refractivity contribution in [2.45, 2.75) is 32.6 Å². The van der Waals surface area contributed by atoms with E-state index >= 15 is 0 Å². The summed E-state index contributed by atoms with van der Waals surface area (Å²) in [6.07, 6.45) is 4.44. The Labute approximate surface area is 130 Å². The Morgan fingerprint density at radius 1 is 0.818 bits per heavy atom. The van der Waals surface area contributed by atoms with Crippen molar-refractivity contribution in [3.8, 4) is 0 Å². The van der Waals surface area contributed by atoms with Gasteiger partial charge in [-0.15, -0.1) is 0 Å². The molecule has 2 N–H and O–H groups in total. The largest absolute Gasteiger partial charge is 0.399 e. The summed E-state index contributed by atoms with van der Waals surface area (Å²) in [6, 6.07) is 13.0. The summed E-state index contributed by atoms with van der Waals surface area (Å²) in [5.41, 5.74) is 7.67. The number of anilines is 1. The average molecular weight is 301 g/mol. The second-order valence-electron chi connectivity index (χ2n) is 5.40. The zero-order chi connectivity index (χ0) is 15.9. The quantitative estimate of drug-likeness (QED) is 0.409. The number of nitrogen functional groups attached to an aromatic ring is 1. The van der Waals surface area contributed by atoms with E-state index in [4.69, 9.17) is 5.73 Å². The van der Waals surface area contributed by atoms with Gasteiger partial charge in [-0.2, -0.15) is 0 Å². The molecule has 2 rings (SSSR count). The van der Waals surface area contributed by atoms with Gasteiger partial charge in [0, 0.05) is 16.8 Å². The number of hydrogen-bond donors (Lipinski definition) is 1. The van der Waals surface area contributed by atoms with Gasteiger partial charge in [0.2, 0.25) is 0 Å². The van der Waals surface area contributed by atoms with E-state index in [2.05, 4.69) is 6.92 Å². The van der Waals surface area contributed by atoms with Gasteiger partial charge < -0.3 is 5.73 Å². The Bertz CT molecular complexity index is 627. The molecule has 22 heavy (non-hydrogen) atoms. The number of hydrogen-bond acceptors (Lipinski definition) is 1. The third kappa shape index (κ3) is 4.17. The molecule has 3 heteroatoms. The van der Waals surface area contributed by atoms with Crippen molar-refractivity contribution < 1.29 is 8.78 Å². The normalized spacial score (nSPS) is 12.1. The number of rotatable bonds is 6. The molecule has 0 atom stereocenters. The Morgan fingerprint density at radius 2 is 1.32 bits per heavy atom. The molecular formula is C19H21F2N. The van der Waals surface area contributed by atoms with Crippen LogP contribution in [0.5, 0.6) is 0 Å². The number of nitrogens with two attached hydrogens (primary N) is 1. The molecule has 0 aliphatic heterocycles. The van der Waals surface area contributed by atoms with E-state index in [-0.39, 0.29) is 11.1 Å². The summed E-state index contributed by atoms with van der Waals surface area (Å²) in [7, 11) is 0. The van der Waals surface area contributed by atoms with E-state index in [9.17, 15) is 8.78 Å². The van der Waals surface area contributed by atoms with Crippen molar-refractivity contribution in [1.29, 1.82) is 0 Å². The highest BCUT2D eigenvalue weighted by atomic mass is 19.2. The molecule has 0 bridgehead atoms. The van der Waals surface area contributed by atoms with Crippen LogP contribution in [0.1, 0.15) is 42.9 Å². The summed E-state index contributed by atoms with van der Waals surface area (Å²) in [5, 5.41) is 0. The predicted molar refractivity (Wildman–Crippen MR) is 89.6 cm³/mol. The maximum absolute atomic E-state index is 14.2. The van der Waals surface area contributed by atoms with E-state index in [1.807, 2.05) is 12.1 Å². The molecule has 116 valence electrons. The fourth-order valence-corrected chi connectivity index (χ4v) is 2.28. The number of unbranched alkanes of at least 4 members (excludes halogenated alkanes) is 2. The van der Waals surface area contributed by atoms with Crippen LogP contribution in [0, 0.1) is 0 Å². The average Bonchev–Trinajstić information content (AvgIpc) is 2.55. The molecule has 0 heterocycles. The van der Waals surface area contributed by atoms with Crippen molar-refractivity contribution in [3.05, 3.63) is 65.2 Å². The highest BCUT2D eigenvalue weighted by Gasteiger charge is 2.11. The summed E-state index contributed by atoms with van der Waals surface area (Å²) in [6.45, 7) is 2.16. The van der Waals surface area contributed by atoms with Gasteiger partial charge in [0.05, 0.1) is 0 Å². The maximum Gasteiger partial charge on any atom is 0.166 e. The molecule has 0 unspecified atom stereocenters. The molecule has 2 aromatic carbocycles. The molecule has 0 saturated carbocycles. The highest BCUT2D eigenvalue weighted by molar-refractivity contribution is 5.83. The molecule has 0 aromatic heterocycles. The molecule has 0 aliphatic carbocycles. The van der Waals surface area contributed by atoms with Crippen molar-refractivity contribution >= 4 is 17.3 Å². The molecule has 1 nitrogen and oxygen atoms in total. The summed E-state index contributed by atoms with van der Waals surface area (Å²) in [4.78, 5) is 0. The lowest BCUT2D eigenvalue weighted by Crippen LogP contribution is -1.89. The zero-order valence-corrected chi connectivity index (χ0v) is 12.8. The Balaban J connectivity index is 2.15. The number of halogens is 2. The van der Waals surface area contributed by atoms with Gasteiger partial charge in [0.15, 0.2) is 11.7 Å². The van der Waals surface area contributed by atoms with Gasteiger partial charge in [-0.05, 0) is 42.7 Å². The zero-order valence-electron chi connectivity index (χ0n) is 12.8. The fourth-order valence-electron chi connectivity index (χ4n) is 2.28. The van der Waals surface area contributed by atoms with Crippen LogP contribution in [-0.4, -0.2) is 0 Å². The second kappa shape index (κ2) is 7.74. The van der Waals surface area contributed by atoms with Crippen LogP contribution in [-0.2, 0) is 6.42 Å². The van der Waals surface area contributed by atoms with Gasteiger partial charge in [-0.25, -0.2) is 8.78 Å². The predicted octanol–water partition coefficient (Wildman–Crippen LogP) is 5.77. The van der Waals surface area contributed by atoms with Crippen LogP contribution in [0.3, 0.4) is 0 Å². The minimum atomic E-state index is -0.862. The van der Waals surface area contributed by atoms with Crippen LogP contribution in [0.4, 0.5) is 14.5 Å². The highest BCUT2D eigenvalue weighted by Crippen LogP contribution is 2.29. The number of benzene rings is 2. The van der Waals surface area contributed by atoms with E-state index in [0.717, 1.165) is 18.4 Å². The van der Waals surface area contributed by atoms with Gasteiger partial charge in [-0.3, -0.25) is 0 Å². The molecule has 0 amide bonds. The first-order valence-electron chi connectivity index (χ1n) is 7.62. The molecule has 0 aliphatic rings. The first-order valence-corrected chi connectivity index (χ1v) is 7.62. The first-order chi connectivity index (χ1) is 10.6. The van der Waals surface area contributed by atoms with E-state index in [1.165, 1.54) is 25.0 Å². The molecule has 0 radical (unpaired) electrons. The van der Waals surface area contributed by atoms with Gasteiger partial charge in [-0.1, -0.05) is 44.0 Å². The van der Waals surface area contributed by atoms with E-state index in [1.54, 1.807) is 24.3 Å². The smallest absolute Gasteiger partial charge is 0.166 e. The van der Waals surface area contributed by atoms with E-state index < -0.39 is 11.7 Å². The molecule has 0 spiro atoms. The van der Waals surface area contributed by atoms with Crippen LogP contribution in [0.2, 0.25) is 0 Å². The minimum Gasteiger partial charge on any atom is -0.399 e. The molecule has 2 aromatic rings. The minimum absolute atomic E-state index is 0.193. The van der Waals surface area contributed by atoms with Crippen molar-refractivity contribution in [1.82, 2.24) is 0 Å². The van der Waals surface area contributed by atoms with Crippen molar-refractivity contribution in [3.63, 3.8) is 0 Å². The Hall–Kier alpha value is -2.16. The van der Waals surface area contributed by atoms with Crippen LogP contribution in [0.25, 0.3) is 11.7 Å². The third-order valence-electron chi connectivity index (χ3n) is 3.63. The topological polar surface area (TPSA) is 26.0 Å². The van der Waals surface area contributed by atoms with E-state index in [0.29, 0.717) is 5.69 Å². The van der Waals surface area contributed by atoms with Crippen molar-refractivity contribution in [2.75, 3.05) is 5.73 Å². The number of aryl methyl sites for hydroxylation is 1. The van der Waals surface area contributed by atoms with Gasteiger partial charge >= 0.3 is 0 Å². The Kier molecular flexibility index (Phi) is 5.70. The summed E-state index contributed by atoms with van der Waals surface area (Å²) >= 11 is 0. The lowest BCUT2D eigenvalue weighted by molar-refractivity contribution is 0.699. The monoisotopic (exact) mass is 301 g/mol. The van der Waals surface area contributed by atoms with Crippen LogP contribution in [0.15, 0.2) is 48.5 Å². The SMILES string of the molecule is CCCCCc1ccc(/C(F)=C(\F)c2ccc(N)cc2)cc1. The van der Waals surface area contributed by atoms with Crippen LogP contribution >= 0.6 is 0 Å². The summed E-state index contributed by atoms with van der Waals surface area (Å²) < 4.78 is 28.4. The van der Waals surface area contributed by atoms with Crippen LogP contribution < -0.4 is 5.73 Å². The maximum atomic E-state index is 14.2. The first kappa shape index (κ1) is 16.2. The van der Waals surface area contributed by atoms with Gasteiger partial charge in [0.1, 0.15) is 0 Å². The van der Waals surface area contributed by atoms with Crippen molar-refractivity contribution in [2.24, 2.45) is 0 Å². The third-order valence-corrected chi connectivity index (χ3v) is 3.63. The second-order valence-corrected chi connectivity index (χ2v) is 5.40. The molecule has 0 fully saturated rings. The lowest BCUT2D eigenvalue weighted by atomic mass is 10.0. The standard InChI is InChI=1S/C19H21F2N/c1-2-3-4-5-14-6-8-15(9-7-14)18(20)19(21)16-10-12-17(22)13-11-16/h6-13H,2-5,22H2,1H3/b19-18+. The molecule has 0 saturated heterocycles. The summed E-state index contributed by atoms with van der Waals surface area (Å²) in [5.74, 6) is -1.70. The van der Waals surface area contributed by atoms with Gasteiger partial charge in [0.25, 0.3) is 0 Å². The fraction of sp³-hybridized carbons (Fsp3) is 0.263. The Morgan fingerprint density at radius 3 is 1.82 bits per heavy atom. The molecular weight excluding hydrogens is 280 g/mol.